The average Bonchev–Trinajstić information content (AvgIpc) is 2.94. The molecule has 2 aromatic rings. The molecule has 0 saturated carbocycles. The van der Waals surface area contributed by atoms with E-state index in [1.54, 1.807) is 38.5 Å². The number of aliphatic imine (C=N–C) groups is 1. The van der Waals surface area contributed by atoms with Crippen LogP contribution in [0.2, 0.25) is 0 Å². The number of hydrogen-bond acceptors (Lipinski definition) is 5. The van der Waals surface area contributed by atoms with Gasteiger partial charge in [-0.15, -0.1) is 0 Å². The van der Waals surface area contributed by atoms with Gasteiger partial charge >= 0.3 is 0 Å². The van der Waals surface area contributed by atoms with Crippen molar-refractivity contribution in [1.29, 1.82) is 0 Å². The number of ether oxygens (including phenoxy) is 2. The highest BCUT2D eigenvalue weighted by molar-refractivity contribution is 6.56. The van der Waals surface area contributed by atoms with E-state index in [4.69, 9.17) is 9.47 Å². The van der Waals surface area contributed by atoms with E-state index in [9.17, 15) is 9.59 Å². The summed E-state index contributed by atoms with van der Waals surface area (Å²) in [5.41, 5.74) is 1.73. The molecule has 128 valence electrons. The first kappa shape index (κ1) is 16.7. The van der Waals surface area contributed by atoms with E-state index in [1.165, 1.54) is 0 Å². The summed E-state index contributed by atoms with van der Waals surface area (Å²) in [7, 11) is 3.16. The van der Waals surface area contributed by atoms with Gasteiger partial charge in [0.2, 0.25) is 5.91 Å². The highest BCUT2D eigenvalue weighted by atomic mass is 16.5. The molecule has 1 saturated heterocycles. The molecule has 25 heavy (non-hydrogen) atoms. The van der Waals surface area contributed by atoms with E-state index < -0.39 is 0 Å². The molecule has 0 unspecified atom stereocenters. The zero-order chi connectivity index (χ0) is 17.8. The highest BCUT2D eigenvalue weighted by Crippen LogP contribution is 2.24. The van der Waals surface area contributed by atoms with Crippen LogP contribution in [0.4, 0.5) is 5.69 Å². The van der Waals surface area contributed by atoms with Crippen LogP contribution in [-0.2, 0) is 16.1 Å². The molecule has 3 rings (SSSR count). The number of amides is 2. The lowest BCUT2D eigenvalue weighted by atomic mass is 10.2. The number of methoxy groups -OCH3 is 2. The molecule has 6 heteroatoms. The van der Waals surface area contributed by atoms with Crippen molar-refractivity contribution in [2.24, 2.45) is 4.99 Å². The summed E-state index contributed by atoms with van der Waals surface area (Å²) in [5, 5.41) is 0. The quantitative estimate of drug-likeness (QED) is 0.786. The SMILES string of the molecule is COc1ccc(CN=C2CC(=O)N(c3ccc(OC)cc3)C2=O)cc1. The standard InChI is InChI=1S/C19H18N2O4/c1-24-15-7-3-13(4-8-15)12-20-17-11-18(22)21(19(17)23)14-5-9-16(25-2)10-6-14/h3-10H,11-12H2,1-2H3. The molecule has 2 aromatic carbocycles. The topological polar surface area (TPSA) is 68.2 Å². The second-order valence-corrected chi connectivity index (χ2v) is 5.52. The van der Waals surface area contributed by atoms with Gasteiger partial charge in [0, 0.05) is 0 Å². The zero-order valence-corrected chi connectivity index (χ0v) is 14.1. The molecule has 1 aliphatic heterocycles. The Labute approximate surface area is 145 Å². The molecule has 6 nitrogen and oxygen atoms in total. The van der Waals surface area contributed by atoms with Crippen molar-refractivity contribution in [2.75, 3.05) is 19.1 Å². The molecule has 0 aromatic heterocycles. The van der Waals surface area contributed by atoms with Gasteiger partial charge in [-0.25, -0.2) is 4.90 Å². The number of carbonyl (C=O) groups is 2. The van der Waals surface area contributed by atoms with Gasteiger partial charge in [0.1, 0.15) is 17.2 Å². The lowest BCUT2D eigenvalue weighted by molar-refractivity contribution is -0.120. The fourth-order valence-electron chi connectivity index (χ4n) is 2.57. The van der Waals surface area contributed by atoms with Gasteiger partial charge in [0.05, 0.1) is 32.9 Å². The van der Waals surface area contributed by atoms with Crippen LogP contribution >= 0.6 is 0 Å². The van der Waals surface area contributed by atoms with Crippen molar-refractivity contribution >= 4 is 23.2 Å². The summed E-state index contributed by atoms with van der Waals surface area (Å²) in [4.78, 5) is 30.2. The molecular formula is C19H18N2O4. The summed E-state index contributed by atoms with van der Waals surface area (Å²) < 4.78 is 10.2. The number of rotatable bonds is 5. The van der Waals surface area contributed by atoms with Crippen LogP contribution < -0.4 is 14.4 Å². The fourth-order valence-corrected chi connectivity index (χ4v) is 2.57. The Morgan fingerprint density at radius 3 is 2.04 bits per heavy atom. The molecule has 1 fully saturated rings. The Morgan fingerprint density at radius 1 is 0.920 bits per heavy atom. The molecule has 1 aliphatic rings. The Balaban J connectivity index is 1.75. The first-order valence-corrected chi connectivity index (χ1v) is 7.80. The summed E-state index contributed by atoms with van der Waals surface area (Å²) in [6.07, 6.45) is 0.0149. The third-order valence-electron chi connectivity index (χ3n) is 3.96. The van der Waals surface area contributed by atoms with Crippen molar-refractivity contribution in [1.82, 2.24) is 0 Å². The lowest BCUT2D eigenvalue weighted by Gasteiger charge is -2.13. The Hall–Kier alpha value is -3.15. The maximum absolute atomic E-state index is 12.5. The largest absolute Gasteiger partial charge is 0.497 e. The first-order valence-electron chi connectivity index (χ1n) is 7.80. The average molecular weight is 338 g/mol. The first-order chi connectivity index (χ1) is 12.1. The van der Waals surface area contributed by atoms with Crippen LogP contribution in [0.5, 0.6) is 11.5 Å². The lowest BCUT2D eigenvalue weighted by Crippen LogP contribution is -2.30. The zero-order valence-electron chi connectivity index (χ0n) is 14.1. The summed E-state index contributed by atoms with van der Waals surface area (Å²) in [6, 6.07) is 14.2. The number of carbonyl (C=O) groups excluding carboxylic acids is 2. The number of hydrogen-bond donors (Lipinski definition) is 0. The highest BCUT2D eigenvalue weighted by Gasteiger charge is 2.36. The molecule has 0 spiro atoms. The number of benzene rings is 2. The van der Waals surface area contributed by atoms with E-state index in [0.717, 1.165) is 16.2 Å². The summed E-state index contributed by atoms with van der Waals surface area (Å²) in [5.74, 6) is 0.776. The minimum atomic E-state index is -0.372. The molecule has 0 bridgehead atoms. The predicted molar refractivity (Wildman–Crippen MR) is 94.2 cm³/mol. The smallest absolute Gasteiger partial charge is 0.279 e. The van der Waals surface area contributed by atoms with Gasteiger partial charge in [-0.1, -0.05) is 12.1 Å². The Morgan fingerprint density at radius 2 is 1.48 bits per heavy atom. The second-order valence-electron chi connectivity index (χ2n) is 5.52. The van der Waals surface area contributed by atoms with Gasteiger partial charge in [-0.3, -0.25) is 14.6 Å². The monoisotopic (exact) mass is 338 g/mol. The van der Waals surface area contributed by atoms with E-state index in [0.29, 0.717) is 18.0 Å². The second kappa shape index (κ2) is 7.17. The minimum Gasteiger partial charge on any atom is -0.497 e. The molecule has 1 heterocycles. The van der Waals surface area contributed by atoms with Crippen molar-refractivity contribution in [2.45, 2.75) is 13.0 Å². The third-order valence-corrected chi connectivity index (χ3v) is 3.96. The molecule has 0 radical (unpaired) electrons. The van der Waals surface area contributed by atoms with Crippen molar-refractivity contribution < 1.29 is 19.1 Å². The normalized spacial score (nSPS) is 15.8. The Kier molecular flexibility index (Phi) is 4.79. The van der Waals surface area contributed by atoms with Crippen molar-refractivity contribution in [3.8, 4) is 11.5 Å². The van der Waals surface area contributed by atoms with Crippen LogP contribution in [0, 0.1) is 0 Å². The molecule has 2 amide bonds. The maximum atomic E-state index is 12.5. The number of anilines is 1. The number of imide groups is 1. The van der Waals surface area contributed by atoms with E-state index in [1.807, 2.05) is 24.3 Å². The van der Waals surface area contributed by atoms with E-state index in [2.05, 4.69) is 4.99 Å². The van der Waals surface area contributed by atoms with Gasteiger partial charge in [-0.2, -0.15) is 0 Å². The molecule has 0 atom stereocenters. The number of nitrogens with zero attached hydrogens (tertiary/aromatic N) is 2. The van der Waals surface area contributed by atoms with Crippen molar-refractivity contribution in [3.63, 3.8) is 0 Å². The summed E-state index contributed by atoms with van der Waals surface area (Å²) >= 11 is 0. The Bertz CT molecular complexity index is 810. The van der Waals surface area contributed by atoms with E-state index >= 15 is 0 Å². The van der Waals surface area contributed by atoms with Crippen LogP contribution in [0.3, 0.4) is 0 Å². The van der Waals surface area contributed by atoms with Gasteiger partial charge < -0.3 is 9.47 Å². The third kappa shape index (κ3) is 3.52. The van der Waals surface area contributed by atoms with Crippen LogP contribution in [0.25, 0.3) is 0 Å². The molecular weight excluding hydrogens is 320 g/mol. The molecule has 0 aliphatic carbocycles. The van der Waals surface area contributed by atoms with Gasteiger partial charge in [-0.05, 0) is 42.0 Å². The van der Waals surface area contributed by atoms with Crippen LogP contribution in [0.15, 0.2) is 53.5 Å². The predicted octanol–water partition coefficient (Wildman–Crippen LogP) is 2.61. The van der Waals surface area contributed by atoms with Crippen LogP contribution in [-0.4, -0.2) is 31.7 Å². The summed E-state index contributed by atoms with van der Waals surface area (Å²) in [6.45, 7) is 0.342. The maximum Gasteiger partial charge on any atom is 0.279 e. The minimum absolute atomic E-state index is 0.0149. The van der Waals surface area contributed by atoms with Gasteiger partial charge in [0.25, 0.3) is 5.91 Å². The fraction of sp³-hybridized carbons (Fsp3) is 0.211. The van der Waals surface area contributed by atoms with E-state index in [-0.39, 0.29) is 23.9 Å². The van der Waals surface area contributed by atoms with Crippen molar-refractivity contribution in [3.05, 3.63) is 54.1 Å². The van der Waals surface area contributed by atoms with Crippen LogP contribution in [0.1, 0.15) is 12.0 Å². The van der Waals surface area contributed by atoms with Gasteiger partial charge in [0.15, 0.2) is 0 Å². The molecule has 0 N–H and O–H groups in total.